The van der Waals surface area contributed by atoms with Crippen LogP contribution >= 0.6 is 11.6 Å². The van der Waals surface area contributed by atoms with E-state index in [0.717, 1.165) is 31.6 Å². The summed E-state index contributed by atoms with van der Waals surface area (Å²) < 4.78 is 6.87. The SMILES string of the molecule is C[C@@H](c1ccccc1)N1CC[C@@H](n2ncc(NC[C@H]3CCCOC3)c(Cl)c2=O)CC1=O. The molecule has 2 aromatic rings. The van der Waals surface area contributed by atoms with Crippen molar-refractivity contribution in [2.75, 3.05) is 31.6 Å². The third kappa shape index (κ3) is 4.93. The number of hydrogen-bond donors (Lipinski definition) is 1. The van der Waals surface area contributed by atoms with E-state index in [2.05, 4.69) is 10.4 Å². The molecule has 2 aliphatic heterocycles. The average molecular weight is 445 g/mol. The quantitative estimate of drug-likeness (QED) is 0.735. The van der Waals surface area contributed by atoms with Crippen LogP contribution in [0.25, 0.3) is 0 Å². The van der Waals surface area contributed by atoms with E-state index in [-0.39, 0.29) is 35.0 Å². The Bertz CT molecular complexity index is 959. The molecule has 1 aromatic heterocycles. The first kappa shape index (κ1) is 21.8. The van der Waals surface area contributed by atoms with Gasteiger partial charge in [-0.15, -0.1) is 0 Å². The molecule has 31 heavy (non-hydrogen) atoms. The van der Waals surface area contributed by atoms with Crippen LogP contribution in [0.1, 0.15) is 50.3 Å². The molecular formula is C23H29ClN4O3. The molecule has 7 nitrogen and oxygen atoms in total. The van der Waals surface area contributed by atoms with Crippen LogP contribution in [0.4, 0.5) is 5.69 Å². The Labute approximate surface area is 187 Å². The normalized spacial score (nSPS) is 22.9. The molecule has 2 aliphatic rings. The van der Waals surface area contributed by atoms with E-state index in [1.54, 1.807) is 6.20 Å². The Morgan fingerprint density at radius 2 is 2.06 bits per heavy atom. The number of rotatable bonds is 6. The number of nitrogens with zero attached hydrogens (tertiary/aromatic N) is 3. The summed E-state index contributed by atoms with van der Waals surface area (Å²) in [4.78, 5) is 27.6. The maximum absolute atomic E-state index is 12.9. The number of ether oxygens (including phenoxy) is 1. The van der Waals surface area contributed by atoms with Crippen LogP contribution in [0.2, 0.25) is 5.02 Å². The second-order valence-corrected chi connectivity index (χ2v) is 8.78. The molecule has 3 atom stereocenters. The lowest BCUT2D eigenvalue weighted by Gasteiger charge is -2.36. The average Bonchev–Trinajstić information content (AvgIpc) is 2.81. The highest BCUT2D eigenvalue weighted by molar-refractivity contribution is 6.32. The lowest BCUT2D eigenvalue weighted by atomic mass is 9.99. The number of aromatic nitrogens is 2. The van der Waals surface area contributed by atoms with Gasteiger partial charge in [0.05, 0.1) is 30.6 Å². The number of hydrogen-bond acceptors (Lipinski definition) is 5. The predicted molar refractivity (Wildman–Crippen MR) is 120 cm³/mol. The Hall–Kier alpha value is -2.38. The minimum atomic E-state index is -0.353. The van der Waals surface area contributed by atoms with Gasteiger partial charge in [-0.1, -0.05) is 41.9 Å². The van der Waals surface area contributed by atoms with Crippen LogP contribution in [-0.2, 0) is 9.53 Å². The number of halogens is 1. The van der Waals surface area contributed by atoms with Gasteiger partial charge in [0.15, 0.2) is 0 Å². The minimum Gasteiger partial charge on any atom is -0.382 e. The van der Waals surface area contributed by atoms with E-state index < -0.39 is 0 Å². The summed E-state index contributed by atoms with van der Waals surface area (Å²) in [5, 5.41) is 7.71. The fraction of sp³-hybridized carbons (Fsp3) is 0.522. The summed E-state index contributed by atoms with van der Waals surface area (Å²) >= 11 is 6.37. The molecule has 0 bridgehead atoms. The Morgan fingerprint density at radius 1 is 1.26 bits per heavy atom. The van der Waals surface area contributed by atoms with Crippen LogP contribution < -0.4 is 10.9 Å². The maximum atomic E-state index is 12.9. The summed E-state index contributed by atoms with van der Waals surface area (Å²) in [5.74, 6) is 0.428. The number of likely N-dealkylation sites (tertiary alicyclic amines) is 1. The molecule has 0 aliphatic carbocycles. The van der Waals surface area contributed by atoms with Crippen LogP contribution in [0.15, 0.2) is 41.3 Å². The summed E-state index contributed by atoms with van der Waals surface area (Å²) in [7, 11) is 0. The lowest BCUT2D eigenvalue weighted by Crippen LogP contribution is -2.43. The number of carbonyl (C=O) groups is 1. The van der Waals surface area contributed by atoms with Gasteiger partial charge < -0.3 is 15.0 Å². The smallest absolute Gasteiger partial charge is 0.287 e. The van der Waals surface area contributed by atoms with Crippen molar-refractivity contribution in [3.8, 4) is 0 Å². The third-order valence-corrected chi connectivity index (χ3v) is 6.67. The molecule has 8 heteroatoms. The molecule has 1 amide bonds. The molecule has 1 aromatic carbocycles. The van der Waals surface area contributed by atoms with E-state index in [0.29, 0.717) is 31.1 Å². The summed E-state index contributed by atoms with van der Waals surface area (Å²) in [6.07, 6.45) is 4.65. The largest absolute Gasteiger partial charge is 0.382 e. The molecule has 1 N–H and O–H groups in total. The van der Waals surface area contributed by atoms with Crippen molar-refractivity contribution in [1.29, 1.82) is 0 Å². The highest BCUT2D eigenvalue weighted by Gasteiger charge is 2.32. The first-order chi connectivity index (χ1) is 15.0. The second kappa shape index (κ2) is 9.83. The van der Waals surface area contributed by atoms with Crippen molar-refractivity contribution in [3.63, 3.8) is 0 Å². The first-order valence-corrected chi connectivity index (χ1v) is 11.4. The molecule has 0 spiro atoms. The fourth-order valence-electron chi connectivity index (χ4n) is 4.41. The van der Waals surface area contributed by atoms with E-state index in [1.165, 1.54) is 4.68 Å². The third-order valence-electron chi connectivity index (χ3n) is 6.31. The van der Waals surface area contributed by atoms with Crippen LogP contribution in [0, 0.1) is 5.92 Å². The van der Waals surface area contributed by atoms with Gasteiger partial charge in [-0.2, -0.15) is 5.10 Å². The molecular weight excluding hydrogens is 416 g/mol. The molecule has 3 heterocycles. The summed E-state index contributed by atoms with van der Waals surface area (Å²) in [6.45, 7) is 4.84. The highest BCUT2D eigenvalue weighted by atomic mass is 35.5. The Morgan fingerprint density at radius 3 is 2.77 bits per heavy atom. The number of piperidine rings is 1. The van der Waals surface area contributed by atoms with E-state index in [1.807, 2.05) is 42.2 Å². The van der Waals surface area contributed by atoms with Gasteiger partial charge >= 0.3 is 0 Å². The van der Waals surface area contributed by atoms with Gasteiger partial charge in [0, 0.05) is 26.1 Å². The molecule has 2 fully saturated rings. The zero-order valence-corrected chi connectivity index (χ0v) is 18.6. The summed E-state index contributed by atoms with van der Waals surface area (Å²) in [5.41, 5.74) is 1.29. The van der Waals surface area contributed by atoms with E-state index in [9.17, 15) is 9.59 Å². The minimum absolute atomic E-state index is 0.00161. The van der Waals surface area contributed by atoms with Crippen molar-refractivity contribution < 1.29 is 9.53 Å². The van der Waals surface area contributed by atoms with Gasteiger partial charge in [0.2, 0.25) is 5.91 Å². The van der Waals surface area contributed by atoms with Crippen molar-refractivity contribution >= 4 is 23.2 Å². The topological polar surface area (TPSA) is 76.5 Å². The van der Waals surface area contributed by atoms with Gasteiger partial charge in [-0.05, 0) is 37.7 Å². The number of benzene rings is 1. The number of nitrogens with one attached hydrogen (secondary N) is 1. The zero-order chi connectivity index (χ0) is 21.8. The zero-order valence-electron chi connectivity index (χ0n) is 17.8. The predicted octanol–water partition coefficient (Wildman–Crippen LogP) is 3.66. The molecule has 2 saturated heterocycles. The fourth-order valence-corrected chi connectivity index (χ4v) is 4.62. The number of carbonyl (C=O) groups excluding carboxylic acids is 1. The summed E-state index contributed by atoms with van der Waals surface area (Å²) in [6, 6.07) is 9.70. The molecule has 4 rings (SSSR count). The Kier molecular flexibility index (Phi) is 6.92. The first-order valence-electron chi connectivity index (χ1n) is 11.0. The van der Waals surface area contributed by atoms with Crippen LogP contribution in [-0.4, -0.2) is 46.9 Å². The van der Waals surface area contributed by atoms with Gasteiger partial charge in [0.1, 0.15) is 5.02 Å². The van der Waals surface area contributed by atoms with E-state index >= 15 is 0 Å². The van der Waals surface area contributed by atoms with Gasteiger partial charge in [0.25, 0.3) is 5.56 Å². The van der Waals surface area contributed by atoms with Crippen molar-refractivity contribution in [3.05, 3.63) is 57.5 Å². The van der Waals surface area contributed by atoms with Gasteiger partial charge in [-0.25, -0.2) is 4.68 Å². The van der Waals surface area contributed by atoms with Crippen LogP contribution in [0.3, 0.4) is 0 Å². The molecule has 0 radical (unpaired) electrons. The lowest BCUT2D eigenvalue weighted by molar-refractivity contribution is -0.137. The van der Waals surface area contributed by atoms with Crippen LogP contribution in [0.5, 0.6) is 0 Å². The standard InChI is InChI=1S/C23H29ClN4O3/c1-16(18-7-3-2-4-8-18)27-10-9-19(12-21(27)29)28-23(30)22(24)20(14-26-28)25-13-17-6-5-11-31-15-17/h2-4,7-8,14,16-17,19,25H,5-6,9-13,15H2,1H3/t16-,17+,19+/m0/s1. The molecule has 166 valence electrons. The van der Waals surface area contributed by atoms with Crippen molar-refractivity contribution in [2.24, 2.45) is 5.92 Å². The van der Waals surface area contributed by atoms with Crippen molar-refractivity contribution in [2.45, 2.75) is 44.7 Å². The number of anilines is 1. The Balaban J connectivity index is 1.41. The monoisotopic (exact) mass is 444 g/mol. The second-order valence-electron chi connectivity index (χ2n) is 8.41. The number of amides is 1. The highest BCUT2D eigenvalue weighted by Crippen LogP contribution is 2.29. The van der Waals surface area contributed by atoms with E-state index in [4.69, 9.17) is 16.3 Å². The molecule has 0 saturated carbocycles. The maximum Gasteiger partial charge on any atom is 0.287 e. The van der Waals surface area contributed by atoms with Crippen molar-refractivity contribution in [1.82, 2.24) is 14.7 Å². The van der Waals surface area contributed by atoms with Gasteiger partial charge in [-0.3, -0.25) is 9.59 Å². The molecule has 0 unspecified atom stereocenters.